The molecule has 1 aliphatic rings. The molecule has 0 fully saturated rings. The largest absolute Gasteiger partial charge is 0.309 e. The summed E-state index contributed by atoms with van der Waals surface area (Å²) in [4.78, 5) is 26.5. The number of fused-ring (bicyclic) bond motifs is 1. The summed E-state index contributed by atoms with van der Waals surface area (Å²) in [5, 5.41) is 11.2. The number of carbonyl (C=O) groups is 1. The lowest BCUT2D eigenvalue weighted by molar-refractivity contribution is -0.384. The van der Waals surface area contributed by atoms with Gasteiger partial charge >= 0.3 is 0 Å². The first-order valence-corrected chi connectivity index (χ1v) is 7.11. The molecule has 0 bridgehead atoms. The Morgan fingerprint density at radius 3 is 2.80 bits per heavy atom. The van der Waals surface area contributed by atoms with Gasteiger partial charge in [-0.2, -0.15) is 0 Å². The Bertz CT molecular complexity index is 560. The van der Waals surface area contributed by atoms with E-state index in [1.165, 1.54) is 6.07 Å². The summed E-state index contributed by atoms with van der Waals surface area (Å²) < 4.78 is 0.672. The van der Waals surface area contributed by atoms with Gasteiger partial charge in [0.1, 0.15) is 5.69 Å². The van der Waals surface area contributed by atoms with E-state index < -0.39 is 4.92 Å². The number of rotatable bonds is 4. The standard InChI is InChI=1S/C13H16BrN3O3/c1-15(2)5-4-12(18)16-6-3-9-7-10(14)8-11(13(9)16)17(19)20/h7-8H,3-6H2,1-2H3. The molecule has 0 aromatic heterocycles. The Balaban J connectivity index is 2.31. The molecule has 20 heavy (non-hydrogen) atoms. The van der Waals surface area contributed by atoms with Crippen LogP contribution in [0.1, 0.15) is 12.0 Å². The molecule has 6 nitrogen and oxygen atoms in total. The van der Waals surface area contributed by atoms with Crippen LogP contribution in [-0.2, 0) is 11.2 Å². The fourth-order valence-electron chi connectivity index (χ4n) is 2.33. The molecular formula is C13H16BrN3O3. The van der Waals surface area contributed by atoms with E-state index in [1.54, 1.807) is 4.90 Å². The van der Waals surface area contributed by atoms with Crippen LogP contribution in [-0.4, -0.2) is 42.9 Å². The highest BCUT2D eigenvalue weighted by Gasteiger charge is 2.32. The maximum Gasteiger partial charge on any atom is 0.294 e. The summed E-state index contributed by atoms with van der Waals surface area (Å²) in [6.45, 7) is 1.15. The number of anilines is 1. The van der Waals surface area contributed by atoms with Crippen molar-refractivity contribution in [3.63, 3.8) is 0 Å². The second kappa shape index (κ2) is 5.88. The quantitative estimate of drug-likeness (QED) is 0.622. The van der Waals surface area contributed by atoms with Crippen LogP contribution in [0.2, 0.25) is 0 Å². The van der Waals surface area contributed by atoms with Crippen LogP contribution in [0.15, 0.2) is 16.6 Å². The summed E-state index contributed by atoms with van der Waals surface area (Å²) in [6.07, 6.45) is 1.02. The molecule has 108 valence electrons. The number of hydrogen-bond donors (Lipinski definition) is 0. The van der Waals surface area contributed by atoms with E-state index in [1.807, 2.05) is 25.1 Å². The highest BCUT2D eigenvalue weighted by Crippen LogP contribution is 2.39. The zero-order valence-corrected chi connectivity index (χ0v) is 13.0. The molecule has 1 aromatic carbocycles. The Morgan fingerprint density at radius 2 is 2.20 bits per heavy atom. The van der Waals surface area contributed by atoms with E-state index in [4.69, 9.17) is 0 Å². The van der Waals surface area contributed by atoms with Crippen LogP contribution in [0, 0.1) is 10.1 Å². The maximum absolute atomic E-state index is 12.2. The number of hydrogen-bond acceptors (Lipinski definition) is 4. The average molecular weight is 342 g/mol. The Morgan fingerprint density at radius 1 is 1.50 bits per heavy atom. The number of nitro benzene ring substituents is 1. The molecule has 0 unspecified atom stereocenters. The molecule has 0 saturated carbocycles. The summed E-state index contributed by atoms with van der Waals surface area (Å²) in [6, 6.07) is 3.30. The van der Waals surface area contributed by atoms with Gasteiger partial charge in [0.15, 0.2) is 0 Å². The summed E-state index contributed by atoms with van der Waals surface area (Å²) >= 11 is 3.28. The van der Waals surface area contributed by atoms with E-state index in [-0.39, 0.29) is 11.6 Å². The third kappa shape index (κ3) is 2.99. The minimum Gasteiger partial charge on any atom is -0.309 e. The van der Waals surface area contributed by atoms with Gasteiger partial charge in [0.2, 0.25) is 5.91 Å². The maximum atomic E-state index is 12.2. The van der Waals surface area contributed by atoms with E-state index >= 15 is 0 Å². The molecular weight excluding hydrogens is 326 g/mol. The van der Waals surface area contributed by atoms with Crippen molar-refractivity contribution in [2.24, 2.45) is 0 Å². The molecule has 0 aliphatic carbocycles. The molecule has 0 spiro atoms. The second-order valence-electron chi connectivity index (χ2n) is 5.04. The van der Waals surface area contributed by atoms with E-state index in [0.717, 1.165) is 5.56 Å². The fourth-order valence-corrected chi connectivity index (χ4v) is 2.82. The van der Waals surface area contributed by atoms with Crippen molar-refractivity contribution in [3.8, 4) is 0 Å². The summed E-state index contributed by atoms with van der Waals surface area (Å²) in [7, 11) is 3.79. The van der Waals surface area contributed by atoms with Gasteiger partial charge in [-0.3, -0.25) is 14.9 Å². The topological polar surface area (TPSA) is 66.7 Å². The first-order chi connectivity index (χ1) is 9.40. The molecule has 1 aromatic rings. The van der Waals surface area contributed by atoms with Crippen LogP contribution < -0.4 is 4.90 Å². The van der Waals surface area contributed by atoms with E-state index in [2.05, 4.69) is 15.9 Å². The zero-order valence-electron chi connectivity index (χ0n) is 11.4. The van der Waals surface area contributed by atoms with Gasteiger partial charge in [-0.05, 0) is 32.1 Å². The molecule has 7 heteroatoms. The molecule has 0 N–H and O–H groups in total. The van der Waals surface area contributed by atoms with Crippen molar-refractivity contribution in [2.45, 2.75) is 12.8 Å². The van der Waals surface area contributed by atoms with Crippen molar-refractivity contribution < 1.29 is 9.72 Å². The van der Waals surface area contributed by atoms with Crippen molar-refractivity contribution in [1.82, 2.24) is 4.90 Å². The number of benzene rings is 1. The minimum atomic E-state index is -0.429. The number of nitro groups is 1. The highest BCUT2D eigenvalue weighted by molar-refractivity contribution is 9.10. The van der Waals surface area contributed by atoms with Gasteiger partial charge in [-0.25, -0.2) is 0 Å². The van der Waals surface area contributed by atoms with Gasteiger partial charge in [0.25, 0.3) is 5.69 Å². The molecule has 2 rings (SSSR count). The van der Waals surface area contributed by atoms with Crippen LogP contribution in [0.5, 0.6) is 0 Å². The Hall–Kier alpha value is -1.47. The normalized spacial score (nSPS) is 13.7. The van der Waals surface area contributed by atoms with Gasteiger partial charge < -0.3 is 9.80 Å². The smallest absolute Gasteiger partial charge is 0.294 e. The van der Waals surface area contributed by atoms with Crippen molar-refractivity contribution in [3.05, 3.63) is 32.3 Å². The second-order valence-corrected chi connectivity index (χ2v) is 5.95. The van der Waals surface area contributed by atoms with E-state index in [0.29, 0.717) is 36.1 Å². The first kappa shape index (κ1) is 14.9. The molecule has 1 amide bonds. The molecule has 0 atom stereocenters. The highest BCUT2D eigenvalue weighted by atomic mass is 79.9. The van der Waals surface area contributed by atoms with Crippen LogP contribution in [0.4, 0.5) is 11.4 Å². The van der Waals surface area contributed by atoms with Crippen molar-refractivity contribution in [1.29, 1.82) is 0 Å². The van der Waals surface area contributed by atoms with Crippen molar-refractivity contribution in [2.75, 3.05) is 32.1 Å². The van der Waals surface area contributed by atoms with Crippen LogP contribution in [0.25, 0.3) is 0 Å². The monoisotopic (exact) mass is 341 g/mol. The number of carbonyl (C=O) groups excluding carboxylic acids is 1. The number of nitrogens with zero attached hydrogens (tertiary/aromatic N) is 3. The molecule has 0 radical (unpaired) electrons. The Labute approximate surface area is 125 Å². The third-order valence-corrected chi connectivity index (χ3v) is 3.74. The lowest BCUT2D eigenvalue weighted by Crippen LogP contribution is -2.31. The van der Waals surface area contributed by atoms with Gasteiger partial charge in [0.05, 0.1) is 4.92 Å². The fraction of sp³-hybridized carbons (Fsp3) is 0.462. The molecule has 1 heterocycles. The first-order valence-electron chi connectivity index (χ1n) is 6.32. The predicted octanol–water partition coefficient (Wildman–Crippen LogP) is 2.20. The van der Waals surface area contributed by atoms with Crippen LogP contribution >= 0.6 is 15.9 Å². The molecule has 1 aliphatic heterocycles. The minimum absolute atomic E-state index is 0.00919. The van der Waals surface area contributed by atoms with Gasteiger partial charge in [0, 0.05) is 30.0 Å². The average Bonchev–Trinajstić information content (AvgIpc) is 2.78. The lowest BCUT2D eigenvalue weighted by Gasteiger charge is -2.18. The summed E-state index contributed by atoms with van der Waals surface area (Å²) in [5.74, 6) is -0.0668. The predicted molar refractivity (Wildman–Crippen MR) is 80.0 cm³/mol. The van der Waals surface area contributed by atoms with Crippen molar-refractivity contribution >= 4 is 33.2 Å². The summed E-state index contributed by atoms with van der Waals surface area (Å²) in [5.41, 5.74) is 1.30. The lowest BCUT2D eigenvalue weighted by atomic mass is 10.1. The van der Waals surface area contributed by atoms with E-state index in [9.17, 15) is 14.9 Å². The Kier molecular flexibility index (Phi) is 4.39. The number of amides is 1. The van der Waals surface area contributed by atoms with Crippen LogP contribution in [0.3, 0.4) is 0 Å². The number of halogens is 1. The third-order valence-electron chi connectivity index (χ3n) is 3.28. The van der Waals surface area contributed by atoms with Gasteiger partial charge in [-0.15, -0.1) is 0 Å². The SMILES string of the molecule is CN(C)CCC(=O)N1CCc2cc(Br)cc([N+](=O)[O-])c21. The van der Waals surface area contributed by atoms with Gasteiger partial charge in [-0.1, -0.05) is 15.9 Å². The zero-order chi connectivity index (χ0) is 14.9. The molecule has 0 saturated heterocycles.